The van der Waals surface area contributed by atoms with Crippen molar-refractivity contribution < 1.29 is 9.53 Å². The fourth-order valence-corrected chi connectivity index (χ4v) is 2.46. The molecule has 1 aliphatic carbocycles. The molecule has 0 bridgehead atoms. The Bertz CT molecular complexity index is 348. The summed E-state index contributed by atoms with van der Waals surface area (Å²) in [6.45, 7) is 4.41. The third kappa shape index (κ3) is 1.80. The molecule has 1 aromatic rings. The molecule has 4 heteroatoms. The molecule has 0 aliphatic heterocycles. The van der Waals surface area contributed by atoms with Crippen molar-refractivity contribution in [2.24, 2.45) is 5.92 Å². The van der Waals surface area contributed by atoms with Gasteiger partial charge in [0.1, 0.15) is 0 Å². The van der Waals surface area contributed by atoms with Gasteiger partial charge in [-0.25, -0.2) is 9.78 Å². The number of nitrogens with zero attached hydrogens (tertiary/aromatic N) is 1. The van der Waals surface area contributed by atoms with Gasteiger partial charge in [-0.2, -0.15) is 0 Å². The molecule has 2 atom stereocenters. The second kappa shape index (κ2) is 3.69. The predicted molar refractivity (Wildman–Crippen MR) is 54.6 cm³/mol. The van der Waals surface area contributed by atoms with Crippen molar-refractivity contribution in [1.29, 1.82) is 0 Å². The number of carbonyl (C=O) groups is 1. The van der Waals surface area contributed by atoms with Crippen LogP contribution in [0.2, 0.25) is 0 Å². The minimum atomic E-state index is -0.302. The second-order valence-corrected chi connectivity index (χ2v) is 4.50. The molecule has 1 saturated carbocycles. The number of thiazole rings is 1. The predicted octanol–water partition coefficient (Wildman–Crippen LogP) is 2.44. The lowest BCUT2D eigenvalue weighted by molar-refractivity contribution is 0.0520. The van der Waals surface area contributed by atoms with Crippen LogP contribution in [0.15, 0.2) is 5.38 Å². The van der Waals surface area contributed by atoms with Gasteiger partial charge in [0.2, 0.25) is 0 Å². The molecule has 2 rings (SSSR count). The topological polar surface area (TPSA) is 39.2 Å². The third-order valence-electron chi connectivity index (χ3n) is 2.43. The average Bonchev–Trinajstić information content (AvgIpc) is 2.70. The molecule has 0 radical (unpaired) electrons. The summed E-state index contributed by atoms with van der Waals surface area (Å²) in [6.07, 6.45) is 1.20. The van der Waals surface area contributed by atoms with Gasteiger partial charge in [-0.1, -0.05) is 6.92 Å². The number of ether oxygens (including phenoxy) is 1. The average molecular weight is 211 g/mol. The second-order valence-electron chi connectivity index (χ2n) is 3.61. The van der Waals surface area contributed by atoms with Gasteiger partial charge in [0.15, 0.2) is 5.69 Å². The molecule has 1 aliphatic rings. The Hall–Kier alpha value is -0.900. The van der Waals surface area contributed by atoms with Crippen LogP contribution < -0.4 is 0 Å². The Balaban J connectivity index is 2.06. The maximum atomic E-state index is 11.3. The van der Waals surface area contributed by atoms with E-state index in [0.29, 0.717) is 18.2 Å². The van der Waals surface area contributed by atoms with Gasteiger partial charge in [0.05, 0.1) is 11.6 Å². The number of aromatic nitrogens is 1. The van der Waals surface area contributed by atoms with Crippen molar-refractivity contribution >= 4 is 17.3 Å². The molecule has 0 aromatic carbocycles. The van der Waals surface area contributed by atoms with Crippen LogP contribution in [0.3, 0.4) is 0 Å². The zero-order valence-corrected chi connectivity index (χ0v) is 9.13. The highest BCUT2D eigenvalue weighted by atomic mass is 32.1. The Morgan fingerprint density at radius 3 is 3.07 bits per heavy atom. The number of esters is 1. The van der Waals surface area contributed by atoms with Gasteiger partial charge in [-0.15, -0.1) is 11.3 Å². The van der Waals surface area contributed by atoms with Crippen molar-refractivity contribution in [1.82, 2.24) is 4.98 Å². The van der Waals surface area contributed by atoms with Crippen molar-refractivity contribution in [3.05, 3.63) is 16.1 Å². The van der Waals surface area contributed by atoms with Gasteiger partial charge in [-0.3, -0.25) is 0 Å². The zero-order valence-electron chi connectivity index (χ0n) is 8.32. The summed E-state index contributed by atoms with van der Waals surface area (Å²) in [7, 11) is 0. The van der Waals surface area contributed by atoms with Crippen LogP contribution in [0.5, 0.6) is 0 Å². The number of hydrogen-bond donors (Lipinski definition) is 0. The van der Waals surface area contributed by atoms with Crippen LogP contribution >= 0.6 is 11.3 Å². The molecule has 0 saturated heterocycles. The normalized spacial score (nSPS) is 24.7. The highest BCUT2D eigenvalue weighted by Gasteiger charge is 2.36. The Morgan fingerprint density at radius 1 is 1.79 bits per heavy atom. The van der Waals surface area contributed by atoms with Crippen molar-refractivity contribution in [3.63, 3.8) is 0 Å². The van der Waals surface area contributed by atoms with Crippen LogP contribution in [-0.2, 0) is 4.74 Å². The summed E-state index contributed by atoms with van der Waals surface area (Å²) < 4.78 is 4.87. The van der Waals surface area contributed by atoms with Gasteiger partial charge in [0, 0.05) is 11.3 Å². The van der Waals surface area contributed by atoms with E-state index in [1.165, 1.54) is 6.42 Å². The van der Waals surface area contributed by atoms with E-state index in [1.54, 1.807) is 23.6 Å². The van der Waals surface area contributed by atoms with E-state index < -0.39 is 0 Å². The lowest BCUT2D eigenvalue weighted by atomic mass is 10.3. The Morgan fingerprint density at radius 2 is 2.50 bits per heavy atom. The first-order valence-electron chi connectivity index (χ1n) is 4.85. The van der Waals surface area contributed by atoms with Crippen molar-refractivity contribution in [2.75, 3.05) is 6.61 Å². The highest BCUT2D eigenvalue weighted by molar-refractivity contribution is 7.10. The monoisotopic (exact) mass is 211 g/mol. The molecule has 1 fully saturated rings. The highest BCUT2D eigenvalue weighted by Crippen LogP contribution is 2.47. The van der Waals surface area contributed by atoms with Gasteiger partial charge in [-0.05, 0) is 19.3 Å². The summed E-state index contributed by atoms with van der Waals surface area (Å²) in [5.74, 6) is 1.02. The Labute approximate surface area is 87.1 Å². The SMILES string of the molecule is CCOC(=O)c1csc(C2CC2C)n1. The zero-order chi connectivity index (χ0) is 10.1. The summed E-state index contributed by atoms with van der Waals surface area (Å²) in [4.78, 5) is 15.6. The molecule has 76 valence electrons. The van der Waals surface area contributed by atoms with Crippen molar-refractivity contribution in [2.45, 2.75) is 26.2 Å². The maximum absolute atomic E-state index is 11.3. The number of carbonyl (C=O) groups excluding carboxylic acids is 1. The maximum Gasteiger partial charge on any atom is 0.357 e. The van der Waals surface area contributed by atoms with E-state index in [-0.39, 0.29) is 5.97 Å². The minimum absolute atomic E-state index is 0.302. The van der Waals surface area contributed by atoms with E-state index in [4.69, 9.17) is 4.74 Å². The molecular formula is C10H13NO2S. The van der Waals surface area contributed by atoms with E-state index in [0.717, 1.165) is 10.9 Å². The molecule has 0 N–H and O–H groups in total. The largest absolute Gasteiger partial charge is 0.461 e. The molecule has 1 aromatic heterocycles. The summed E-state index contributed by atoms with van der Waals surface area (Å²) in [6, 6.07) is 0. The van der Waals surface area contributed by atoms with E-state index in [1.807, 2.05) is 0 Å². The molecule has 0 amide bonds. The van der Waals surface area contributed by atoms with Crippen LogP contribution in [0.4, 0.5) is 0 Å². The minimum Gasteiger partial charge on any atom is -0.461 e. The fourth-order valence-electron chi connectivity index (χ4n) is 1.42. The van der Waals surface area contributed by atoms with E-state index in [9.17, 15) is 4.79 Å². The molecule has 14 heavy (non-hydrogen) atoms. The smallest absolute Gasteiger partial charge is 0.357 e. The first kappa shape index (κ1) is 9.65. The van der Waals surface area contributed by atoms with Crippen LogP contribution in [0.25, 0.3) is 0 Å². The molecule has 1 heterocycles. The standard InChI is InChI=1S/C10H13NO2S/c1-3-13-10(12)8-5-14-9(11-8)7-4-6(7)2/h5-7H,3-4H2,1-2H3. The summed E-state index contributed by atoms with van der Waals surface area (Å²) >= 11 is 1.57. The lowest BCUT2D eigenvalue weighted by Crippen LogP contribution is -2.04. The first-order chi connectivity index (χ1) is 6.72. The van der Waals surface area contributed by atoms with E-state index in [2.05, 4.69) is 11.9 Å². The first-order valence-corrected chi connectivity index (χ1v) is 5.73. The van der Waals surface area contributed by atoms with E-state index >= 15 is 0 Å². The molecular weight excluding hydrogens is 198 g/mol. The summed E-state index contributed by atoms with van der Waals surface area (Å²) in [5, 5.41) is 2.87. The fraction of sp³-hybridized carbons (Fsp3) is 0.600. The van der Waals surface area contributed by atoms with Gasteiger partial charge < -0.3 is 4.74 Å². The van der Waals surface area contributed by atoms with Gasteiger partial charge in [0.25, 0.3) is 0 Å². The molecule has 3 nitrogen and oxygen atoms in total. The van der Waals surface area contributed by atoms with Crippen LogP contribution in [-0.4, -0.2) is 17.6 Å². The van der Waals surface area contributed by atoms with Crippen molar-refractivity contribution in [3.8, 4) is 0 Å². The quantitative estimate of drug-likeness (QED) is 0.721. The third-order valence-corrected chi connectivity index (χ3v) is 3.41. The van der Waals surface area contributed by atoms with Crippen LogP contribution in [0.1, 0.15) is 41.7 Å². The lowest BCUT2D eigenvalue weighted by Gasteiger charge is -1.95. The molecule has 2 unspecified atom stereocenters. The number of hydrogen-bond acceptors (Lipinski definition) is 4. The Kier molecular flexibility index (Phi) is 2.54. The number of rotatable bonds is 3. The van der Waals surface area contributed by atoms with Gasteiger partial charge >= 0.3 is 5.97 Å². The molecule has 0 spiro atoms. The van der Waals surface area contributed by atoms with Crippen LogP contribution in [0, 0.1) is 5.92 Å². The summed E-state index contributed by atoms with van der Waals surface area (Å²) in [5.41, 5.74) is 0.464.